The number of aromatic nitrogens is 1. The molecule has 0 aliphatic carbocycles. The monoisotopic (exact) mass is 284 g/mol. The number of rotatable bonds is 3. The fourth-order valence-corrected chi connectivity index (χ4v) is 2.63. The van der Waals surface area contributed by atoms with Crippen LogP contribution in [0.25, 0.3) is 0 Å². The van der Waals surface area contributed by atoms with Gasteiger partial charge in [-0.3, -0.25) is 0 Å². The van der Waals surface area contributed by atoms with Crippen LogP contribution < -0.4 is 4.90 Å². The van der Waals surface area contributed by atoms with Crippen molar-refractivity contribution in [2.24, 2.45) is 0 Å². The summed E-state index contributed by atoms with van der Waals surface area (Å²) in [5, 5.41) is 10.5. The Balaban J connectivity index is 1.84. The van der Waals surface area contributed by atoms with E-state index in [1.807, 2.05) is 49.4 Å². The van der Waals surface area contributed by atoms with Gasteiger partial charge in [-0.15, -0.1) is 0 Å². The molecule has 1 aliphatic rings. The molecule has 1 aromatic carbocycles. The van der Waals surface area contributed by atoms with Crippen molar-refractivity contribution in [1.29, 1.82) is 0 Å². The van der Waals surface area contributed by atoms with Crippen molar-refractivity contribution in [3.05, 3.63) is 59.3 Å². The topological polar surface area (TPSA) is 45.6 Å². The smallest absolute Gasteiger partial charge is 0.128 e. The van der Waals surface area contributed by atoms with Gasteiger partial charge in [-0.2, -0.15) is 0 Å². The van der Waals surface area contributed by atoms with Gasteiger partial charge in [0.2, 0.25) is 0 Å². The Labute approximate surface area is 125 Å². The Morgan fingerprint density at radius 2 is 1.81 bits per heavy atom. The van der Waals surface area contributed by atoms with Crippen LogP contribution in [0.4, 0.5) is 5.82 Å². The number of aliphatic hydroxyl groups excluding tert-OH is 1. The molecule has 1 aliphatic heterocycles. The molecule has 3 rings (SSSR count). The molecule has 1 N–H and O–H groups in total. The molecule has 1 atom stereocenters. The number of nitrogens with zero attached hydrogens (tertiary/aromatic N) is 2. The van der Waals surface area contributed by atoms with Crippen molar-refractivity contribution in [1.82, 2.24) is 4.98 Å². The van der Waals surface area contributed by atoms with E-state index in [9.17, 15) is 5.11 Å². The molecule has 0 bridgehead atoms. The molecule has 1 fully saturated rings. The van der Waals surface area contributed by atoms with Crippen molar-refractivity contribution in [2.45, 2.75) is 13.0 Å². The number of benzene rings is 1. The average Bonchev–Trinajstić information content (AvgIpc) is 2.56. The Morgan fingerprint density at radius 1 is 1.10 bits per heavy atom. The maximum absolute atomic E-state index is 10.5. The molecule has 2 heterocycles. The first-order valence-corrected chi connectivity index (χ1v) is 7.29. The second-order valence-corrected chi connectivity index (χ2v) is 5.26. The van der Waals surface area contributed by atoms with Crippen LogP contribution in [-0.2, 0) is 4.74 Å². The summed E-state index contributed by atoms with van der Waals surface area (Å²) in [6.07, 6.45) is -0.627. The number of morpholine rings is 1. The van der Waals surface area contributed by atoms with Gasteiger partial charge in [0.1, 0.15) is 11.9 Å². The summed E-state index contributed by atoms with van der Waals surface area (Å²) in [5.74, 6) is 0.958. The van der Waals surface area contributed by atoms with Gasteiger partial charge >= 0.3 is 0 Å². The van der Waals surface area contributed by atoms with E-state index in [-0.39, 0.29) is 0 Å². The summed E-state index contributed by atoms with van der Waals surface area (Å²) in [6.45, 7) is 5.18. The fourth-order valence-electron chi connectivity index (χ4n) is 2.63. The lowest BCUT2D eigenvalue weighted by Crippen LogP contribution is -2.36. The van der Waals surface area contributed by atoms with Crippen LogP contribution in [0, 0.1) is 6.92 Å². The average molecular weight is 284 g/mol. The first kappa shape index (κ1) is 14.0. The molecule has 0 radical (unpaired) electrons. The first-order valence-electron chi connectivity index (χ1n) is 7.29. The number of hydrogen-bond donors (Lipinski definition) is 1. The summed E-state index contributed by atoms with van der Waals surface area (Å²) >= 11 is 0. The molecule has 0 unspecified atom stereocenters. The third kappa shape index (κ3) is 3.06. The number of aryl methyl sites for hydroxylation is 1. The predicted molar refractivity (Wildman–Crippen MR) is 82.5 cm³/mol. The van der Waals surface area contributed by atoms with Crippen molar-refractivity contribution < 1.29 is 9.84 Å². The van der Waals surface area contributed by atoms with Crippen molar-refractivity contribution in [3.63, 3.8) is 0 Å². The highest BCUT2D eigenvalue weighted by Gasteiger charge is 2.17. The lowest BCUT2D eigenvalue weighted by molar-refractivity contribution is 0.122. The molecular formula is C17H20N2O2. The third-order valence-corrected chi connectivity index (χ3v) is 3.86. The van der Waals surface area contributed by atoms with Crippen LogP contribution in [-0.4, -0.2) is 36.4 Å². The summed E-state index contributed by atoms with van der Waals surface area (Å²) < 4.78 is 5.36. The van der Waals surface area contributed by atoms with Crippen LogP contribution in [0.2, 0.25) is 0 Å². The molecule has 21 heavy (non-hydrogen) atoms. The van der Waals surface area contributed by atoms with E-state index in [0.717, 1.165) is 48.9 Å². The first-order chi connectivity index (χ1) is 10.3. The molecule has 1 saturated heterocycles. The zero-order chi connectivity index (χ0) is 14.7. The van der Waals surface area contributed by atoms with Crippen molar-refractivity contribution >= 4 is 5.82 Å². The molecular weight excluding hydrogens is 264 g/mol. The zero-order valence-corrected chi connectivity index (χ0v) is 12.2. The minimum Gasteiger partial charge on any atom is -0.384 e. The largest absolute Gasteiger partial charge is 0.384 e. The van der Waals surface area contributed by atoms with Crippen LogP contribution in [0.1, 0.15) is 22.9 Å². The van der Waals surface area contributed by atoms with E-state index >= 15 is 0 Å². The quantitative estimate of drug-likeness (QED) is 0.939. The number of hydrogen-bond acceptors (Lipinski definition) is 4. The van der Waals surface area contributed by atoms with Gasteiger partial charge in [-0.25, -0.2) is 4.98 Å². The Kier molecular flexibility index (Phi) is 4.18. The third-order valence-electron chi connectivity index (χ3n) is 3.86. The molecule has 4 heteroatoms. The number of ether oxygens (including phenoxy) is 1. The van der Waals surface area contributed by atoms with Gasteiger partial charge in [0, 0.05) is 24.3 Å². The van der Waals surface area contributed by atoms with E-state index in [2.05, 4.69) is 9.88 Å². The second-order valence-electron chi connectivity index (χ2n) is 5.26. The number of anilines is 1. The Hall–Kier alpha value is -1.91. The minimum absolute atomic E-state index is 0.627. The lowest BCUT2D eigenvalue weighted by atomic mass is 10.0. The SMILES string of the molecule is Cc1nc(N2CCOCC2)ccc1[C@H](O)c1ccccc1. The predicted octanol–water partition coefficient (Wildman–Crippen LogP) is 2.31. The summed E-state index contributed by atoms with van der Waals surface area (Å²) in [4.78, 5) is 6.87. The minimum atomic E-state index is -0.627. The van der Waals surface area contributed by atoms with E-state index in [1.54, 1.807) is 0 Å². The van der Waals surface area contributed by atoms with Crippen LogP contribution in [0.15, 0.2) is 42.5 Å². The highest BCUT2D eigenvalue weighted by Crippen LogP contribution is 2.25. The number of pyridine rings is 1. The van der Waals surface area contributed by atoms with Gasteiger partial charge in [0.15, 0.2) is 0 Å². The van der Waals surface area contributed by atoms with Crippen LogP contribution >= 0.6 is 0 Å². The molecule has 4 nitrogen and oxygen atoms in total. The van der Waals surface area contributed by atoms with Crippen molar-refractivity contribution in [3.8, 4) is 0 Å². The number of aliphatic hydroxyl groups is 1. The molecule has 0 amide bonds. The van der Waals surface area contributed by atoms with E-state index in [1.165, 1.54) is 0 Å². The molecule has 110 valence electrons. The summed E-state index contributed by atoms with van der Waals surface area (Å²) in [6, 6.07) is 13.6. The van der Waals surface area contributed by atoms with Crippen LogP contribution in [0.5, 0.6) is 0 Å². The fraction of sp³-hybridized carbons (Fsp3) is 0.353. The van der Waals surface area contributed by atoms with Crippen LogP contribution in [0.3, 0.4) is 0 Å². The van der Waals surface area contributed by atoms with Gasteiger partial charge in [-0.05, 0) is 18.6 Å². The maximum atomic E-state index is 10.5. The Bertz CT molecular complexity index is 595. The summed E-state index contributed by atoms with van der Waals surface area (Å²) in [5.41, 5.74) is 2.62. The maximum Gasteiger partial charge on any atom is 0.128 e. The van der Waals surface area contributed by atoms with Crippen molar-refractivity contribution in [2.75, 3.05) is 31.2 Å². The van der Waals surface area contributed by atoms with E-state index in [4.69, 9.17) is 4.74 Å². The van der Waals surface area contributed by atoms with Gasteiger partial charge < -0.3 is 14.7 Å². The molecule has 0 saturated carbocycles. The summed E-state index contributed by atoms with van der Waals surface area (Å²) in [7, 11) is 0. The highest BCUT2D eigenvalue weighted by atomic mass is 16.5. The molecule has 1 aromatic heterocycles. The molecule has 2 aromatic rings. The normalized spacial score (nSPS) is 16.8. The highest BCUT2D eigenvalue weighted by molar-refractivity contribution is 5.44. The molecule has 0 spiro atoms. The second kappa shape index (κ2) is 6.24. The van der Waals surface area contributed by atoms with Gasteiger partial charge in [0.05, 0.1) is 13.2 Å². The lowest BCUT2D eigenvalue weighted by Gasteiger charge is -2.28. The van der Waals surface area contributed by atoms with Gasteiger partial charge in [-0.1, -0.05) is 36.4 Å². The van der Waals surface area contributed by atoms with Gasteiger partial charge in [0.25, 0.3) is 0 Å². The van der Waals surface area contributed by atoms with E-state index < -0.39 is 6.10 Å². The Morgan fingerprint density at radius 3 is 2.48 bits per heavy atom. The van der Waals surface area contributed by atoms with E-state index in [0.29, 0.717) is 0 Å². The zero-order valence-electron chi connectivity index (χ0n) is 12.2. The standard InChI is InChI=1S/C17H20N2O2/c1-13-15(17(20)14-5-3-2-4-6-14)7-8-16(18-13)19-9-11-21-12-10-19/h2-8,17,20H,9-12H2,1H3/t17-/m1/s1.